The third kappa shape index (κ3) is 5.48. The molecule has 10 atom stereocenters. The molecule has 1 aliphatic carbocycles. The highest BCUT2D eigenvalue weighted by atomic mass is 16.7. The van der Waals surface area contributed by atoms with E-state index in [2.05, 4.69) is 0 Å². The first-order chi connectivity index (χ1) is 25.9. The van der Waals surface area contributed by atoms with Crippen molar-refractivity contribution in [3.63, 3.8) is 0 Å². The van der Waals surface area contributed by atoms with Gasteiger partial charge in [-0.2, -0.15) is 0 Å². The first-order valence-electron chi connectivity index (χ1n) is 18.9. The molecule has 3 unspecified atom stereocenters. The molecule has 14 heteroatoms. The lowest BCUT2D eigenvalue weighted by Crippen LogP contribution is -2.65. The Morgan fingerprint density at radius 1 is 0.839 bits per heavy atom. The number of ketones is 2. The second kappa shape index (κ2) is 12.3. The number of fused-ring (bicyclic) bond motifs is 4. The number of hydrogen-bond donors (Lipinski definition) is 4. The van der Waals surface area contributed by atoms with Crippen LogP contribution in [0.1, 0.15) is 108 Å². The molecule has 4 aliphatic heterocycles. The van der Waals surface area contributed by atoms with Crippen molar-refractivity contribution >= 4 is 28.3 Å². The lowest BCUT2D eigenvalue weighted by molar-refractivity contribution is -0.322. The van der Waals surface area contributed by atoms with Gasteiger partial charge in [0.2, 0.25) is 5.78 Å². The lowest BCUT2D eigenvalue weighted by Gasteiger charge is -2.52. The van der Waals surface area contributed by atoms with Crippen molar-refractivity contribution in [1.29, 1.82) is 0 Å². The summed E-state index contributed by atoms with van der Waals surface area (Å²) in [6, 6.07) is 3.80. The summed E-state index contributed by atoms with van der Waals surface area (Å²) >= 11 is 0. The largest absolute Gasteiger partial charge is 0.507 e. The van der Waals surface area contributed by atoms with Crippen LogP contribution >= 0.6 is 0 Å². The number of carbonyl (C=O) groups is 2. The molecule has 5 aliphatic rings. The minimum Gasteiger partial charge on any atom is -0.507 e. The number of aromatic hydroxyl groups is 1. The van der Waals surface area contributed by atoms with Crippen LogP contribution in [0.3, 0.4) is 0 Å². The number of hydrogen-bond acceptors (Lipinski definition) is 14. The molecule has 3 saturated heterocycles. The van der Waals surface area contributed by atoms with Crippen molar-refractivity contribution in [3.8, 4) is 5.75 Å². The summed E-state index contributed by atoms with van der Waals surface area (Å²) in [4.78, 5) is 47.5. The van der Waals surface area contributed by atoms with Crippen molar-refractivity contribution in [1.82, 2.24) is 9.80 Å². The van der Waals surface area contributed by atoms with E-state index in [1.807, 2.05) is 13.8 Å². The highest BCUT2D eigenvalue weighted by Gasteiger charge is 2.70. The molecule has 3 fully saturated rings. The van der Waals surface area contributed by atoms with Gasteiger partial charge in [-0.1, -0.05) is 0 Å². The highest BCUT2D eigenvalue weighted by Crippen LogP contribution is 2.57. The fraction of sp³-hybridized carbons (Fsp3) is 0.548. The fourth-order valence-electron chi connectivity index (χ4n) is 9.03. The molecular formula is C42H50N2O12. The van der Waals surface area contributed by atoms with Crippen LogP contribution in [0.25, 0.3) is 16.7 Å². The van der Waals surface area contributed by atoms with Gasteiger partial charge < -0.3 is 53.6 Å². The average Bonchev–Trinajstić information content (AvgIpc) is 3.98. The van der Waals surface area contributed by atoms with Crippen LogP contribution in [0.5, 0.6) is 5.75 Å². The van der Waals surface area contributed by atoms with Crippen LogP contribution in [0.4, 0.5) is 0 Å². The lowest BCUT2D eigenvalue weighted by atomic mass is 9.75. The van der Waals surface area contributed by atoms with Crippen molar-refractivity contribution in [2.24, 2.45) is 0 Å². The Bertz CT molecular complexity index is 2330. The Morgan fingerprint density at radius 3 is 2.11 bits per heavy atom. The first-order valence-corrected chi connectivity index (χ1v) is 18.9. The molecule has 0 amide bonds. The fourth-order valence-corrected chi connectivity index (χ4v) is 9.03. The number of aliphatic hydroxyl groups excluding tert-OH is 2. The third-order valence-electron chi connectivity index (χ3n) is 12.9. The van der Waals surface area contributed by atoms with E-state index >= 15 is 4.79 Å². The van der Waals surface area contributed by atoms with Gasteiger partial charge in [0.05, 0.1) is 39.8 Å². The monoisotopic (exact) mass is 774 g/mol. The summed E-state index contributed by atoms with van der Waals surface area (Å²) in [6.45, 7) is 12.1. The van der Waals surface area contributed by atoms with E-state index in [1.165, 1.54) is 25.1 Å². The third-order valence-corrected chi connectivity index (χ3v) is 12.9. The van der Waals surface area contributed by atoms with Gasteiger partial charge in [0.25, 0.3) is 0 Å². The van der Waals surface area contributed by atoms with Crippen LogP contribution in [0.2, 0.25) is 0 Å². The van der Waals surface area contributed by atoms with Gasteiger partial charge in [-0.15, -0.1) is 0 Å². The van der Waals surface area contributed by atoms with E-state index < -0.39 is 81.8 Å². The summed E-state index contributed by atoms with van der Waals surface area (Å²) in [5, 5.41) is 46.1. The molecule has 0 bridgehead atoms. The SMILES string of the molecule is Cc1cc2c(c3oc(C4(C)OC4C4OC4(C)C)cc(=O)c13)C(=O)c1c(O)c([C@H]3C[C@](C)(N(C)C)[C@H](O)[C@](C)(O)O3)cc(C3=C[C@H](N(C)C)[C@@H](O)[C@H](C)O3)c1C2=O. The maximum atomic E-state index is 15.2. The molecule has 4 N–H and O–H groups in total. The Hall–Kier alpha value is -3.99. The van der Waals surface area contributed by atoms with E-state index in [9.17, 15) is 30.0 Å². The molecule has 56 heavy (non-hydrogen) atoms. The van der Waals surface area contributed by atoms with Crippen molar-refractivity contribution in [2.45, 2.75) is 120 Å². The molecule has 0 saturated carbocycles. The highest BCUT2D eigenvalue weighted by molar-refractivity contribution is 6.33. The van der Waals surface area contributed by atoms with E-state index in [4.69, 9.17) is 23.4 Å². The van der Waals surface area contributed by atoms with Gasteiger partial charge in [0.15, 0.2) is 22.6 Å². The smallest absolute Gasteiger partial charge is 0.202 e. The predicted molar refractivity (Wildman–Crippen MR) is 203 cm³/mol. The van der Waals surface area contributed by atoms with Crippen LogP contribution in [-0.4, -0.2) is 123 Å². The van der Waals surface area contributed by atoms with Gasteiger partial charge in [0, 0.05) is 28.3 Å². The topological polar surface area (TPSA) is 195 Å². The summed E-state index contributed by atoms with van der Waals surface area (Å²) < 4.78 is 30.7. The number of aliphatic hydroxyl groups is 3. The summed E-state index contributed by atoms with van der Waals surface area (Å²) in [5.41, 5.74) is -3.16. The maximum Gasteiger partial charge on any atom is 0.202 e. The Kier molecular flexibility index (Phi) is 8.51. The summed E-state index contributed by atoms with van der Waals surface area (Å²) in [5.74, 6) is -3.72. The molecule has 8 rings (SSSR count). The zero-order valence-corrected chi connectivity index (χ0v) is 33.5. The van der Waals surface area contributed by atoms with E-state index in [0.29, 0.717) is 5.56 Å². The zero-order valence-electron chi connectivity index (χ0n) is 33.5. The van der Waals surface area contributed by atoms with Gasteiger partial charge in [-0.05, 0) is 107 Å². The van der Waals surface area contributed by atoms with Crippen LogP contribution in [0, 0.1) is 6.92 Å². The molecule has 0 spiro atoms. The van der Waals surface area contributed by atoms with Gasteiger partial charge >= 0.3 is 0 Å². The maximum absolute atomic E-state index is 15.2. The summed E-state index contributed by atoms with van der Waals surface area (Å²) in [7, 11) is 7.07. The number of nitrogens with zero attached hydrogens (tertiary/aromatic N) is 2. The second-order valence-electron chi connectivity index (χ2n) is 17.7. The number of phenols is 1. The number of likely N-dealkylation sites (N-methyl/N-ethyl adjacent to an activating group) is 2. The standard InChI is InChI=1S/C42H50N2O12/c1-17-12-21-29(35-27(17)23(45)15-26(53-35)41(6)37(56-41)36-39(3,4)55-36)34(49)30-28(33(21)48)19(24-14-22(43(8)9)31(46)18(2)52-24)13-20(32(30)47)25-16-40(5,44(10)11)38(50)42(7,51)54-25/h12-15,18,22,25,31,36-38,46-47,50-51H,16H2,1-11H3/t18-,22-,25+,31-,36?,37?,38-,40-,41?,42+/m0/s1. The van der Waals surface area contributed by atoms with Crippen LogP contribution in [-0.2, 0) is 24.5 Å². The normalized spacial score (nSPS) is 36.0. The number of epoxide rings is 2. The minimum absolute atomic E-state index is 0.0277. The Morgan fingerprint density at radius 2 is 1.50 bits per heavy atom. The molecule has 1 aromatic heterocycles. The average molecular weight is 775 g/mol. The van der Waals surface area contributed by atoms with Crippen molar-refractivity contribution in [2.75, 3.05) is 28.2 Å². The van der Waals surface area contributed by atoms with Gasteiger partial charge in [0.1, 0.15) is 53.4 Å². The van der Waals surface area contributed by atoms with Crippen molar-refractivity contribution in [3.05, 3.63) is 79.2 Å². The molecule has 0 radical (unpaired) electrons. The van der Waals surface area contributed by atoms with E-state index in [1.54, 1.807) is 71.8 Å². The Balaban J connectivity index is 1.37. The van der Waals surface area contributed by atoms with E-state index in [-0.39, 0.29) is 68.4 Å². The van der Waals surface area contributed by atoms with E-state index in [0.717, 1.165) is 0 Å². The predicted octanol–water partition coefficient (Wildman–Crippen LogP) is 3.28. The van der Waals surface area contributed by atoms with Crippen LogP contribution < -0.4 is 5.43 Å². The molecule has 3 aromatic rings. The van der Waals surface area contributed by atoms with Gasteiger partial charge in [-0.3, -0.25) is 14.4 Å². The zero-order chi connectivity index (χ0) is 40.9. The molecule has 2 aromatic carbocycles. The molecular weight excluding hydrogens is 724 g/mol. The van der Waals surface area contributed by atoms with Gasteiger partial charge in [-0.25, -0.2) is 0 Å². The molecule has 300 valence electrons. The molecule has 5 heterocycles. The number of rotatable bonds is 6. The number of carbonyl (C=O) groups excluding carboxylic acids is 2. The number of aryl methyl sites for hydroxylation is 1. The minimum atomic E-state index is -2.10. The first kappa shape index (κ1) is 38.9. The van der Waals surface area contributed by atoms with Crippen LogP contribution in [0.15, 0.2) is 33.5 Å². The summed E-state index contributed by atoms with van der Waals surface area (Å²) in [6.07, 6.45) is -3.06. The molecule has 14 nitrogen and oxygen atoms in total. The van der Waals surface area contributed by atoms with Crippen molar-refractivity contribution < 1.29 is 53.4 Å². The number of phenolic OH excluding ortho intramolecular Hbond substituents is 1. The second-order valence-corrected chi connectivity index (χ2v) is 17.7. The number of benzene rings is 2. The number of ether oxygens (including phenoxy) is 4. The Labute approximate surface area is 324 Å². The quantitative estimate of drug-likeness (QED) is 0.209.